The first-order valence-electron chi connectivity index (χ1n) is 9.00. The number of aromatic nitrogens is 4. The minimum atomic E-state index is 0.0219. The Morgan fingerprint density at radius 2 is 2.12 bits per heavy atom. The van der Waals surface area contributed by atoms with Gasteiger partial charge in [-0.2, -0.15) is 10.2 Å². The van der Waals surface area contributed by atoms with Crippen molar-refractivity contribution in [3.8, 4) is 10.6 Å². The van der Waals surface area contributed by atoms with E-state index in [0.717, 1.165) is 48.7 Å². The predicted molar refractivity (Wildman–Crippen MR) is 102 cm³/mol. The largest absolute Gasteiger partial charge is 0.337 e. The Labute approximate surface area is 156 Å². The number of carbonyl (C=O) groups is 1. The molecule has 4 heterocycles. The maximum Gasteiger partial charge on any atom is 0.274 e. The number of thiophene rings is 1. The highest BCUT2D eigenvalue weighted by Crippen LogP contribution is 2.25. The molecule has 1 aliphatic rings. The van der Waals surface area contributed by atoms with Crippen LogP contribution in [0.5, 0.6) is 0 Å². The average molecular weight is 369 g/mol. The van der Waals surface area contributed by atoms with Crippen molar-refractivity contribution in [2.24, 2.45) is 5.92 Å². The van der Waals surface area contributed by atoms with Crippen LogP contribution in [-0.2, 0) is 6.54 Å². The van der Waals surface area contributed by atoms with Crippen LogP contribution in [0.25, 0.3) is 10.6 Å². The van der Waals surface area contributed by atoms with Crippen molar-refractivity contribution in [2.45, 2.75) is 33.2 Å². The molecule has 1 saturated heterocycles. The Bertz CT molecular complexity index is 887. The van der Waals surface area contributed by atoms with E-state index >= 15 is 0 Å². The molecule has 0 saturated carbocycles. The van der Waals surface area contributed by atoms with Crippen LogP contribution in [-0.4, -0.2) is 43.9 Å². The molecule has 0 aliphatic carbocycles. The molecule has 3 aromatic heterocycles. The molecule has 3 aromatic rings. The number of aryl methyl sites for hydroxylation is 2. The smallest absolute Gasteiger partial charge is 0.274 e. The number of amides is 1. The van der Waals surface area contributed by atoms with Gasteiger partial charge in [-0.1, -0.05) is 6.07 Å². The van der Waals surface area contributed by atoms with Crippen LogP contribution in [0.3, 0.4) is 0 Å². The molecule has 0 atom stereocenters. The lowest BCUT2D eigenvalue weighted by atomic mass is 9.96. The Morgan fingerprint density at radius 3 is 2.77 bits per heavy atom. The van der Waals surface area contributed by atoms with Crippen molar-refractivity contribution in [1.82, 2.24) is 24.9 Å². The monoisotopic (exact) mass is 369 g/mol. The minimum Gasteiger partial charge on any atom is -0.337 e. The van der Waals surface area contributed by atoms with Gasteiger partial charge in [0.2, 0.25) is 0 Å². The van der Waals surface area contributed by atoms with Crippen molar-refractivity contribution in [1.29, 1.82) is 0 Å². The third kappa shape index (κ3) is 3.44. The van der Waals surface area contributed by atoms with E-state index in [1.807, 2.05) is 35.4 Å². The highest BCUT2D eigenvalue weighted by Gasteiger charge is 2.26. The number of rotatable bonds is 4. The molecule has 0 radical (unpaired) electrons. The number of nitrogens with zero attached hydrogens (tertiary/aromatic N) is 4. The third-order valence-electron chi connectivity index (χ3n) is 5.02. The number of piperidine rings is 1. The summed E-state index contributed by atoms with van der Waals surface area (Å²) in [6.45, 7) is 6.63. The molecule has 0 bridgehead atoms. The molecule has 1 aliphatic heterocycles. The lowest BCUT2D eigenvalue weighted by Crippen LogP contribution is -2.39. The third-order valence-corrected chi connectivity index (χ3v) is 5.92. The lowest BCUT2D eigenvalue weighted by Gasteiger charge is -2.31. The van der Waals surface area contributed by atoms with Crippen molar-refractivity contribution in [3.63, 3.8) is 0 Å². The van der Waals surface area contributed by atoms with Gasteiger partial charge in [0, 0.05) is 25.3 Å². The summed E-state index contributed by atoms with van der Waals surface area (Å²) in [5.74, 6) is 0.589. The summed E-state index contributed by atoms with van der Waals surface area (Å²) < 4.78 is 2.10. The fourth-order valence-corrected chi connectivity index (χ4v) is 4.27. The molecule has 0 spiro atoms. The van der Waals surface area contributed by atoms with Crippen molar-refractivity contribution in [2.75, 3.05) is 13.1 Å². The van der Waals surface area contributed by atoms with Gasteiger partial charge in [0.15, 0.2) is 5.69 Å². The molecule has 136 valence electrons. The number of hydrogen-bond donors (Lipinski definition) is 1. The molecule has 1 fully saturated rings. The van der Waals surface area contributed by atoms with Crippen LogP contribution in [0.1, 0.15) is 34.7 Å². The zero-order chi connectivity index (χ0) is 18.1. The number of H-pyrrole nitrogens is 1. The van der Waals surface area contributed by atoms with Crippen LogP contribution in [0, 0.1) is 19.8 Å². The maximum atomic E-state index is 12.7. The molecule has 1 N–H and O–H groups in total. The van der Waals surface area contributed by atoms with E-state index in [9.17, 15) is 4.79 Å². The number of aromatic amines is 1. The first kappa shape index (κ1) is 17.0. The predicted octanol–water partition coefficient (Wildman–Crippen LogP) is 3.50. The quantitative estimate of drug-likeness (QED) is 0.765. The van der Waals surface area contributed by atoms with Gasteiger partial charge < -0.3 is 4.90 Å². The first-order valence-corrected chi connectivity index (χ1v) is 9.88. The summed E-state index contributed by atoms with van der Waals surface area (Å²) in [4.78, 5) is 15.8. The number of hydrogen-bond acceptors (Lipinski definition) is 4. The highest BCUT2D eigenvalue weighted by atomic mass is 32.1. The highest BCUT2D eigenvalue weighted by molar-refractivity contribution is 7.13. The maximum absolute atomic E-state index is 12.7. The minimum absolute atomic E-state index is 0.0219. The van der Waals surface area contributed by atoms with Crippen molar-refractivity contribution >= 4 is 17.2 Å². The van der Waals surface area contributed by atoms with E-state index < -0.39 is 0 Å². The van der Waals surface area contributed by atoms with E-state index in [1.54, 1.807) is 11.3 Å². The summed E-state index contributed by atoms with van der Waals surface area (Å²) in [6.07, 6.45) is 2.01. The van der Waals surface area contributed by atoms with E-state index in [1.165, 1.54) is 5.69 Å². The summed E-state index contributed by atoms with van der Waals surface area (Å²) in [5, 5.41) is 13.8. The zero-order valence-corrected chi connectivity index (χ0v) is 15.9. The Morgan fingerprint density at radius 1 is 1.31 bits per heavy atom. The van der Waals surface area contributed by atoms with Gasteiger partial charge in [0.25, 0.3) is 5.91 Å². The van der Waals surface area contributed by atoms with E-state index in [4.69, 9.17) is 0 Å². The van der Waals surface area contributed by atoms with E-state index in [0.29, 0.717) is 11.6 Å². The molecule has 7 heteroatoms. The lowest BCUT2D eigenvalue weighted by molar-refractivity contribution is 0.0675. The standard InChI is InChI=1S/C19H23N5OS/c1-13-10-14(2)24(22-13)12-15-5-7-23(8-6-15)19(25)17-11-16(20-21-17)18-4-3-9-26-18/h3-4,9-11,15H,5-8,12H2,1-2H3,(H,20,21). The first-order chi connectivity index (χ1) is 12.6. The molecule has 0 unspecified atom stereocenters. The molecule has 6 nitrogen and oxygen atoms in total. The number of likely N-dealkylation sites (tertiary alicyclic amines) is 1. The van der Waals surface area contributed by atoms with Crippen LogP contribution >= 0.6 is 11.3 Å². The second-order valence-electron chi connectivity index (χ2n) is 6.99. The van der Waals surface area contributed by atoms with E-state index in [2.05, 4.69) is 33.0 Å². The zero-order valence-electron chi connectivity index (χ0n) is 15.1. The Balaban J connectivity index is 1.35. The van der Waals surface area contributed by atoms with Gasteiger partial charge >= 0.3 is 0 Å². The summed E-state index contributed by atoms with van der Waals surface area (Å²) in [7, 11) is 0. The summed E-state index contributed by atoms with van der Waals surface area (Å²) in [5.41, 5.74) is 3.68. The summed E-state index contributed by atoms with van der Waals surface area (Å²) in [6, 6.07) is 7.99. The van der Waals surface area contributed by atoms with Gasteiger partial charge in [-0.25, -0.2) is 0 Å². The van der Waals surface area contributed by atoms with Crippen LogP contribution in [0.15, 0.2) is 29.6 Å². The molecule has 4 rings (SSSR count). The Hall–Kier alpha value is -2.41. The average Bonchev–Trinajstić information content (AvgIpc) is 3.36. The number of nitrogens with one attached hydrogen (secondary N) is 1. The molecular weight excluding hydrogens is 346 g/mol. The second-order valence-corrected chi connectivity index (χ2v) is 7.94. The van der Waals surface area contributed by atoms with Crippen LogP contribution in [0.4, 0.5) is 0 Å². The fourth-order valence-electron chi connectivity index (χ4n) is 3.57. The van der Waals surface area contributed by atoms with Gasteiger partial charge in [-0.3, -0.25) is 14.6 Å². The second kappa shape index (κ2) is 7.07. The van der Waals surface area contributed by atoms with Crippen molar-refractivity contribution < 1.29 is 4.79 Å². The summed E-state index contributed by atoms with van der Waals surface area (Å²) >= 11 is 1.64. The fraction of sp³-hybridized carbons (Fsp3) is 0.421. The Kier molecular flexibility index (Phi) is 4.63. The van der Waals surface area contributed by atoms with Crippen LogP contribution in [0.2, 0.25) is 0 Å². The molecule has 1 amide bonds. The van der Waals surface area contributed by atoms with Gasteiger partial charge in [0.05, 0.1) is 16.3 Å². The number of carbonyl (C=O) groups excluding carboxylic acids is 1. The van der Waals surface area contributed by atoms with Gasteiger partial charge in [-0.05, 0) is 56.2 Å². The van der Waals surface area contributed by atoms with E-state index in [-0.39, 0.29) is 5.91 Å². The molecule has 26 heavy (non-hydrogen) atoms. The molecular formula is C19H23N5OS. The van der Waals surface area contributed by atoms with Gasteiger partial charge in [0.1, 0.15) is 0 Å². The van der Waals surface area contributed by atoms with Crippen LogP contribution < -0.4 is 0 Å². The molecule has 0 aromatic carbocycles. The van der Waals surface area contributed by atoms with Crippen molar-refractivity contribution in [3.05, 3.63) is 46.7 Å². The SMILES string of the molecule is Cc1cc(C)n(CC2CCN(C(=O)c3cc(-c4cccs4)[nH]n3)CC2)n1. The van der Waals surface area contributed by atoms with Gasteiger partial charge in [-0.15, -0.1) is 11.3 Å². The normalized spacial score (nSPS) is 15.5. The topological polar surface area (TPSA) is 66.8 Å².